The lowest BCUT2D eigenvalue weighted by atomic mass is 10.1. The Morgan fingerprint density at radius 2 is 2.16 bits per heavy atom. The number of aliphatic hydroxyl groups excluding tert-OH is 1. The summed E-state index contributed by atoms with van der Waals surface area (Å²) in [6.45, 7) is 0.262. The smallest absolute Gasteiger partial charge is 0.120 e. The van der Waals surface area contributed by atoms with Crippen molar-refractivity contribution in [1.29, 1.82) is 0 Å². The minimum Gasteiger partial charge on any atom is -0.396 e. The molecular formula is C15H21NO2S. The number of benzene rings is 1. The highest BCUT2D eigenvalue weighted by Crippen LogP contribution is 2.31. The van der Waals surface area contributed by atoms with Gasteiger partial charge in [0, 0.05) is 38.1 Å². The zero-order valence-electron chi connectivity index (χ0n) is 11.6. The number of allylic oxidation sites excluding steroid dienone is 1. The Hall–Kier alpha value is -1.22. The van der Waals surface area contributed by atoms with Crippen LogP contribution < -0.4 is 4.90 Å². The van der Waals surface area contributed by atoms with E-state index in [0.29, 0.717) is 6.42 Å². The van der Waals surface area contributed by atoms with E-state index in [-0.39, 0.29) is 6.61 Å². The molecule has 0 atom stereocenters. The van der Waals surface area contributed by atoms with Crippen LogP contribution in [0.4, 0.5) is 5.69 Å². The van der Waals surface area contributed by atoms with Gasteiger partial charge in [-0.15, -0.1) is 11.8 Å². The molecule has 1 rings (SSSR count). The fraction of sp³-hybridized carbons (Fsp3) is 0.467. The quantitative estimate of drug-likeness (QED) is 0.451. The van der Waals surface area contributed by atoms with E-state index in [9.17, 15) is 4.79 Å². The van der Waals surface area contributed by atoms with Crippen LogP contribution >= 0.6 is 11.8 Å². The van der Waals surface area contributed by atoms with E-state index in [1.165, 1.54) is 16.7 Å². The average Bonchev–Trinajstić information content (AvgIpc) is 2.41. The van der Waals surface area contributed by atoms with Crippen LogP contribution in [0.1, 0.15) is 18.4 Å². The molecule has 4 heteroatoms. The molecule has 1 N–H and O–H groups in total. The first kappa shape index (κ1) is 15.8. The number of unbranched alkanes of at least 4 members (excludes halogenated alkanes) is 1. The molecule has 0 aliphatic heterocycles. The Balaban J connectivity index is 2.76. The van der Waals surface area contributed by atoms with Crippen molar-refractivity contribution >= 4 is 23.4 Å². The first-order valence-corrected chi connectivity index (χ1v) is 7.41. The number of hydrogen-bond donors (Lipinski definition) is 1. The van der Waals surface area contributed by atoms with Gasteiger partial charge in [0.2, 0.25) is 0 Å². The number of rotatable bonds is 8. The van der Waals surface area contributed by atoms with Crippen molar-refractivity contribution in [2.75, 3.05) is 31.4 Å². The predicted molar refractivity (Wildman–Crippen MR) is 81.8 cm³/mol. The lowest BCUT2D eigenvalue weighted by Gasteiger charge is -2.18. The molecule has 19 heavy (non-hydrogen) atoms. The van der Waals surface area contributed by atoms with Gasteiger partial charge < -0.3 is 10.0 Å². The second kappa shape index (κ2) is 8.81. The Morgan fingerprint density at radius 1 is 1.37 bits per heavy atom. The van der Waals surface area contributed by atoms with Crippen molar-refractivity contribution in [2.24, 2.45) is 0 Å². The Labute approximate surface area is 119 Å². The van der Waals surface area contributed by atoms with E-state index in [1.807, 2.05) is 31.8 Å². The van der Waals surface area contributed by atoms with Crippen LogP contribution in [-0.4, -0.2) is 37.5 Å². The minimum atomic E-state index is 0.262. The minimum absolute atomic E-state index is 0.262. The predicted octanol–water partition coefficient (Wildman–Crippen LogP) is 2.55. The third kappa shape index (κ3) is 5.52. The standard InChI is InChI=1S/C15H21NO2S/c1-16(2)14-12-13(6-5-10-18)7-8-15(14)19-11-4-3-9-17/h5,7-8,12,17H,3-4,6,9,11H2,1-2H3. The molecular weight excluding hydrogens is 258 g/mol. The highest BCUT2D eigenvalue weighted by Gasteiger charge is 2.06. The summed E-state index contributed by atoms with van der Waals surface area (Å²) in [5, 5.41) is 8.77. The van der Waals surface area contributed by atoms with Gasteiger partial charge in [-0.25, -0.2) is 4.79 Å². The summed E-state index contributed by atoms with van der Waals surface area (Å²) in [4.78, 5) is 13.6. The van der Waals surface area contributed by atoms with Crippen LogP contribution in [0.5, 0.6) is 0 Å². The molecule has 0 radical (unpaired) electrons. The third-order valence-corrected chi connectivity index (χ3v) is 3.89. The van der Waals surface area contributed by atoms with Gasteiger partial charge in [0.15, 0.2) is 0 Å². The average molecular weight is 279 g/mol. The van der Waals surface area contributed by atoms with E-state index in [1.54, 1.807) is 0 Å². The van der Waals surface area contributed by atoms with E-state index in [0.717, 1.165) is 24.2 Å². The zero-order valence-corrected chi connectivity index (χ0v) is 12.4. The Kier molecular flexibility index (Phi) is 7.34. The third-order valence-electron chi connectivity index (χ3n) is 2.74. The van der Waals surface area contributed by atoms with Crippen molar-refractivity contribution < 1.29 is 9.90 Å². The molecule has 0 aromatic heterocycles. The maximum Gasteiger partial charge on any atom is 0.120 e. The van der Waals surface area contributed by atoms with Gasteiger partial charge in [-0.05, 0) is 36.3 Å². The molecule has 3 nitrogen and oxygen atoms in total. The maximum absolute atomic E-state index is 10.3. The number of thioether (sulfide) groups is 1. The fourth-order valence-electron chi connectivity index (χ4n) is 1.72. The lowest BCUT2D eigenvalue weighted by molar-refractivity contribution is 0.287. The van der Waals surface area contributed by atoms with Crippen molar-refractivity contribution in [3.8, 4) is 0 Å². The van der Waals surface area contributed by atoms with Gasteiger partial charge in [-0.1, -0.05) is 6.07 Å². The largest absolute Gasteiger partial charge is 0.396 e. The van der Waals surface area contributed by atoms with Gasteiger partial charge in [0.25, 0.3) is 0 Å². The maximum atomic E-state index is 10.3. The number of carbonyl (C=O) groups excluding carboxylic acids is 1. The van der Waals surface area contributed by atoms with E-state index >= 15 is 0 Å². The summed E-state index contributed by atoms with van der Waals surface area (Å²) in [7, 11) is 4.04. The highest BCUT2D eigenvalue weighted by molar-refractivity contribution is 7.99. The first-order chi connectivity index (χ1) is 9.19. The van der Waals surface area contributed by atoms with Gasteiger partial charge in [0.05, 0.1) is 5.69 Å². The molecule has 1 aromatic carbocycles. The summed E-state index contributed by atoms with van der Waals surface area (Å²) in [5.41, 5.74) is 2.29. The van der Waals surface area contributed by atoms with E-state index in [4.69, 9.17) is 5.11 Å². The van der Waals surface area contributed by atoms with Gasteiger partial charge in [0.1, 0.15) is 5.94 Å². The second-order valence-electron chi connectivity index (χ2n) is 4.50. The van der Waals surface area contributed by atoms with Crippen molar-refractivity contribution in [1.82, 2.24) is 0 Å². The molecule has 0 aliphatic rings. The molecule has 0 spiro atoms. The van der Waals surface area contributed by atoms with E-state index in [2.05, 4.69) is 23.1 Å². The first-order valence-electron chi connectivity index (χ1n) is 6.42. The van der Waals surface area contributed by atoms with Crippen LogP contribution in [0.3, 0.4) is 0 Å². The molecule has 1 aromatic rings. The molecule has 0 fully saturated rings. The van der Waals surface area contributed by atoms with E-state index < -0.39 is 0 Å². The lowest BCUT2D eigenvalue weighted by Crippen LogP contribution is -2.10. The van der Waals surface area contributed by atoms with Crippen LogP contribution in [0.2, 0.25) is 0 Å². The topological polar surface area (TPSA) is 40.5 Å². The van der Waals surface area contributed by atoms with Crippen LogP contribution in [0, 0.1) is 0 Å². The summed E-state index contributed by atoms with van der Waals surface area (Å²) in [6, 6.07) is 6.27. The summed E-state index contributed by atoms with van der Waals surface area (Å²) in [5.74, 6) is 2.82. The van der Waals surface area contributed by atoms with Crippen LogP contribution in [-0.2, 0) is 11.2 Å². The highest BCUT2D eigenvalue weighted by atomic mass is 32.2. The number of anilines is 1. The molecule has 0 bridgehead atoms. The molecule has 104 valence electrons. The Bertz CT molecular complexity index is 440. The number of hydrogen-bond acceptors (Lipinski definition) is 4. The van der Waals surface area contributed by atoms with Gasteiger partial charge in [-0.2, -0.15) is 0 Å². The monoisotopic (exact) mass is 279 g/mol. The van der Waals surface area contributed by atoms with Crippen molar-refractivity contribution in [3.05, 3.63) is 29.8 Å². The molecule has 0 heterocycles. The molecule has 0 amide bonds. The molecule has 0 unspecified atom stereocenters. The van der Waals surface area contributed by atoms with Crippen LogP contribution in [0.25, 0.3) is 0 Å². The normalized spacial score (nSPS) is 10.1. The SMILES string of the molecule is CN(C)c1cc(CC=C=O)ccc1SCCCCO. The molecule has 0 saturated heterocycles. The molecule has 0 saturated carbocycles. The molecule has 0 aliphatic carbocycles. The summed E-state index contributed by atoms with van der Waals surface area (Å²) in [6.07, 6.45) is 4.00. The van der Waals surface area contributed by atoms with Gasteiger partial charge >= 0.3 is 0 Å². The van der Waals surface area contributed by atoms with Crippen molar-refractivity contribution in [2.45, 2.75) is 24.2 Å². The van der Waals surface area contributed by atoms with Crippen LogP contribution in [0.15, 0.2) is 29.2 Å². The van der Waals surface area contributed by atoms with Crippen molar-refractivity contribution in [3.63, 3.8) is 0 Å². The zero-order chi connectivity index (χ0) is 14.1. The fourth-order valence-corrected chi connectivity index (χ4v) is 2.84. The number of nitrogens with zero attached hydrogens (tertiary/aromatic N) is 1. The summed E-state index contributed by atoms with van der Waals surface area (Å²) >= 11 is 1.81. The Morgan fingerprint density at radius 3 is 2.79 bits per heavy atom. The summed E-state index contributed by atoms with van der Waals surface area (Å²) < 4.78 is 0. The second-order valence-corrected chi connectivity index (χ2v) is 5.64. The van der Waals surface area contributed by atoms with Gasteiger partial charge in [-0.3, -0.25) is 0 Å². The number of aliphatic hydroxyl groups is 1.